The van der Waals surface area contributed by atoms with Crippen molar-refractivity contribution in [3.05, 3.63) is 41.5 Å². The maximum Gasteiger partial charge on any atom is 0.165 e. The molecule has 0 atom stereocenters. The third-order valence-electron chi connectivity index (χ3n) is 2.91. The highest BCUT2D eigenvalue weighted by Gasteiger charge is 2.12. The van der Waals surface area contributed by atoms with E-state index in [0.29, 0.717) is 13.1 Å². The van der Waals surface area contributed by atoms with E-state index in [2.05, 4.69) is 41.6 Å². The molecule has 0 saturated carbocycles. The third kappa shape index (κ3) is 4.38. The molecule has 5 nitrogen and oxygen atoms in total. The summed E-state index contributed by atoms with van der Waals surface area (Å²) in [5.74, 6) is 0.591. The molecule has 0 aliphatic rings. The molecule has 1 N–H and O–H groups in total. The van der Waals surface area contributed by atoms with Gasteiger partial charge in [0.25, 0.3) is 0 Å². The SMILES string of the molecule is CC(C)(C)NCc1nnnn1CCc1ccc(F)cc1. The Morgan fingerprint density at radius 3 is 2.55 bits per heavy atom. The van der Waals surface area contributed by atoms with Gasteiger partial charge in [0.1, 0.15) is 5.82 Å². The Balaban J connectivity index is 1.93. The molecule has 0 unspecified atom stereocenters. The summed E-state index contributed by atoms with van der Waals surface area (Å²) < 4.78 is 14.6. The molecule has 0 radical (unpaired) electrons. The second kappa shape index (κ2) is 6.09. The minimum absolute atomic E-state index is 0.0216. The van der Waals surface area contributed by atoms with E-state index < -0.39 is 0 Å². The Kier molecular flexibility index (Phi) is 4.44. The molecule has 0 saturated heterocycles. The minimum atomic E-state index is -0.216. The number of nitrogens with zero attached hydrogens (tertiary/aromatic N) is 4. The Morgan fingerprint density at radius 2 is 1.90 bits per heavy atom. The number of hydrogen-bond acceptors (Lipinski definition) is 4. The largest absolute Gasteiger partial charge is 0.305 e. The molecule has 2 rings (SSSR count). The van der Waals surface area contributed by atoms with E-state index in [1.165, 1.54) is 12.1 Å². The van der Waals surface area contributed by atoms with Gasteiger partial charge in [0.2, 0.25) is 0 Å². The van der Waals surface area contributed by atoms with E-state index in [1.807, 2.05) is 0 Å². The van der Waals surface area contributed by atoms with Crippen molar-refractivity contribution in [3.63, 3.8) is 0 Å². The van der Waals surface area contributed by atoms with Gasteiger partial charge in [0.05, 0.1) is 6.54 Å². The van der Waals surface area contributed by atoms with Crippen LogP contribution >= 0.6 is 0 Å². The highest BCUT2D eigenvalue weighted by atomic mass is 19.1. The van der Waals surface area contributed by atoms with Crippen molar-refractivity contribution in [1.82, 2.24) is 25.5 Å². The number of halogens is 1. The van der Waals surface area contributed by atoms with E-state index >= 15 is 0 Å². The molecular formula is C14H20FN5. The molecule has 1 aromatic heterocycles. The van der Waals surface area contributed by atoms with Crippen molar-refractivity contribution < 1.29 is 4.39 Å². The second-order valence-corrected chi connectivity index (χ2v) is 5.80. The van der Waals surface area contributed by atoms with Gasteiger partial charge in [0.15, 0.2) is 5.82 Å². The predicted molar refractivity (Wildman–Crippen MR) is 74.5 cm³/mol. The van der Waals surface area contributed by atoms with Crippen molar-refractivity contribution in [1.29, 1.82) is 0 Å². The monoisotopic (exact) mass is 277 g/mol. The van der Waals surface area contributed by atoms with Gasteiger partial charge in [-0.05, 0) is 55.3 Å². The fraction of sp³-hybridized carbons (Fsp3) is 0.500. The summed E-state index contributed by atoms with van der Waals surface area (Å²) in [5.41, 5.74) is 1.09. The summed E-state index contributed by atoms with van der Waals surface area (Å²) in [4.78, 5) is 0. The van der Waals surface area contributed by atoms with E-state index in [9.17, 15) is 4.39 Å². The number of aromatic nitrogens is 4. The van der Waals surface area contributed by atoms with Crippen LogP contribution in [0, 0.1) is 5.82 Å². The number of hydrogen-bond donors (Lipinski definition) is 1. The molecule has 1 aromatic carbocycles. The zero-order chi connectivity index (χ0) is 14.6. The smallest absolute Gasteiger partial charge is 0.165 e. The van der Waals surface area contributed by atoms with E-state index in [4.69, 9.17) is 0 Å². The zero-order valence-corrected chi connectivity index (χ0v) is 12.1. The summed E-state index contributed by atoms with van der Waals surface area (Å²) in [7, 11) is 0. The summed E-state index contributed by atoms with van der Waals surface area (Å²) in [6.07, 6.45) is 0.772. The minimum Gasteiger partial charge on any atom is -0.305 e. The van der Waals surface area contributed by atoms with Crippen LogP contribution in [0.25, 0.3) is 0 Å². The average molecular weight is 277 g/mol. The lowest BCUT2D eigenvalue weighted by Crippen LogP contribution is -2.36. The first-order valence-electron chi connectivity index (χ1n) is 6.68. The molecule has 1 heterocycles. The Bertz CT molecular complexity index is 541. The topological polar surface area (TPSA) is 55.6 Å². The molecule has 20 heavy (non-hydrogen) atoms. The summed E-state index contributed by atoms with van der Waals surface area (Å²) in [6, 6.07) is 6.51. The van der Waals surface area contributed by atoms with Crippen molar-refractivity contribution in [3.8, 4) is 0 Å². The first-order valence-corrected chi connectivity index (χ1v) is 6.68. The van der Waals surface area contributed by atoms with Gasteiger partial charge < -0.3 is 5.32 Å². The van der Waals surface area contributed by atoms with Crippen LogP contribution < -0.4 is 5.32 Å². The maximum atomic E-state index is 12.8. The van der Waals surface area contributed by atoms with Crippen LogP contribution in [0.4, 0.5) is 4.39 Å². The Morgan fingerprint density at radius 1 is 1.20 bits per heavy atom. The molecular weight excluding hydrogens is 257 g/mol. The van der Waals surface area contributed by atoms with E-state index in [1.54, 1.807) is 16.8 Å². The highest BCUT2D eigenvalue weighted by Crippen LogP contribution is 2.06. The molecule has 0 aliphatic carbocycles. The average Bonchev–Trinajstić information content (AvgIpc) is 2.82. The standard InChI is InChI=1S/C14H20FN5/c1-14(2,3)16-10-13-17-18-19-20(13)9-8-11-4-6-12(15)7-5-11/h4-7,16H,8-10H2,1-3H3. The quantitative estimate of drug-likeness (QED) is 0.907. The number of tetrazole rings is 1. The van der Waals surface area contributed by atoms with Gasteiger partial charge in [-0.25, -0.2) is 9.07 Å². The lowest BCUT2D eigenvalue weighted by Gasteiger charge is -2.19. The molecule has 0 amide bonds. The molecule has 108 valence electrons. The van der Waals surface area contributed by atoms with Crippen molar-refractivity contribution in [2.24, 2.45) is 0 Å². The molecule has 6 heteroatoms. The van der Waals surface area contributed by atoms with Crippen LogP contribution in [0.2, 0.25) is 0 Å². The Labute approximate surface area is 118 Å². The zero-order valence-electron chi connectivity index (χ0n) is 12.1. The van der Waals surface area contributed by atoms with Crippen molar-refractivity contribution >= 4 is 0 Å². The fourth-order valence-corrected chi connectivity index (χ4v) is 1.75. The number of nitrogens with one attached hydrogen (secondary N) is 1. The fourth-order valence-electron chi connectivity index (χ4n) is 1.75. The van der Waals surface area contributed by atoms with E-state index in [0.717, 1.165) is 17.8 Å². The Hall–Kier alpha value is -1.82. The van der Waals surface area contributed by atoms with Gasteiger partial charge in [-0.3, -0.25) is 0 Å². The van der Waals surface area contributed by atoms with Crippen LogP contribution in [0.15, 0.2) is 24.3 Å². The molecule has 0 bridgehead atoms. The van der Waals surface area contributed by atoms with Crippen molar-refractivity contribution in [2.45, 2.75) is 45.8 Å². The maximum absolute atomic E-state index is 12.8. The van der Waals surface area contributed by atoms with E-state index in [-0.39, 0.29) is 11.4 Å². The van der Waals surface area contributed by atoms with Crippen LogP contribution in [-0.4, -0.2) is 25.7 Å². The molecule has 0 aliphatic heterocycles. The van der Waals surface area contributed by atoms with Gasteiger partial charge in [-0.1, -0.05) is 12.1 Å². The molecule has 0 spiro atoms. The van der Waals surface area contributed by atoms with Gasteiger partial charge in [-0.15, -0.1) is 5.10 Å². The number of benzene rings is 1. The van der Waals surface area contributed by atoms with Crippen LogP contribution in [0.5, 0.6) is 0 Å². The van der Waals surface area contributed by atoms with Gasteiger partial charge >= 0.3 is 0 Å². The van der Waals surface area contributed by atoms with Gasteiger partial charge in [0, 0.05) is 12.1 Å². The summed E-state index contributed by atoms with van der Waals surface area (Å²) in [6.45, 7) is 7.60. The summed E-state index contributed by atoms with van der Waals surface area (Å²) >= 11 is 0. The van der Waals surface area contributed by atoms with Crippen LogP contribution in [0.3, 0.4) is 0 Å². The normalized spacial score (nSPS) is 11.8. The first-order chi connectivity index (χ1) is 9.44. The predicted octanol–water partition coefficient (Wildman–Crippen LogP) is 1.94. The molecule has 0 fully saturated rings. The van der Waals surface area contributed by atoms with Crippen LogP contribution in [0.1, 0.15) is 32.2 Å². The lowest BCUT2D eigenvalue weighted by atomic mass is 10.1. The number of aryl methyl sites for hydroxylation is 2. The van der Waals surface area contributed by atoms with Crippen LogP contribution in [-0.2, 0) is 19.5 Å². The highest BCUT2D eigenvalue weighted by molar-refractivity contribution is 5.16. The lowest BCUT2D eigenvalue weighted by molar-refractivity contribution is 0.407. The summed E-state index contributed by atoms with van der Waals surface area (Å²) in [5, 5.41) is 15.1. The third-order valence-corrected chi connectivity index (χ3v) is 2.91. The number of rotatable bonds is 5. The van der Waals surface area contributed by atoms with Crippen molar-refractivity contribution in [2.75, 3.05) is 0 Å². The molecule has 2 aromatic rings. The first kappa shape index (κ1) is 14.6. The van der Waals surface area contributed by atoms with Gasteiger partial charge in [-0.2, -0.15) is 0 Å². The second-order valence-electron chi connectivity index (χ2n) is 5.80.